The minimum Gasteiger partial charge on any atom is -0.492 e. The molecule has 2 atom stereocenters. The van der Waals surface area contributed by atoms with Gasteiger partial charge in [0.2, 0.25) is 0 Å². The highest BCUT2D eigenvalue weighted by atomic mass is 35.5. The molecule has 1 aliphatic rings. The first-order valence-electron chi connectivity index (χ1n) is 8.71. The van der Waals surface area contributed by atoms with Gasteiger partial charge in [0, 0.05) is 10.0 Å². The summed E-state index contributed by atoms with van der Waals surface area (Å²) in [5.41, 5.74) is 2.24. The minimum absolute atomic E-state index is 0.00928. The van der Waals surface area contributed by atoms with Crippen molar-refractivity contribution in [2.45, 2.75) is 19.0 Å². The lowest BCUT2D eigenvalue weighted by Crippen LogP contribution is -2.24. The lowest BCUT2D eigenvalue weighted by Gasteiger charge is -2.20. The number of thiophene rings is 1. The first kappa shape index (κ1) is 18.4. The molecule has 138 valence electrons. The van der Waals surface area contributed by atoms with Gasteiger partial charge in [-0.05, 0) is 53.8 Å². The predicted octanol–water partition coefficient (Wildman–Crippen LogP) is 6.29. The Morgan fingerprint density at radius 2 is 1.59 bits per heavy atom. The van der Waals surface area contributed by atoms with E-state index in [1.165, 1.54) is 0 Å². The molecule has 0 fully saturated rings. The van der Waals surface area contributed by atoms with Crippen molar-refractivity contribution in [1.29, 1.82) is 0 Å². The lowest BCUT2D eigenvalue weighted by atomic mass is 9.95. The third-order valence-corrected chi connectivity index (χ3v) is 5.87. The molecule has 3 nitrogen and oxygen atoms in total. The van der Waals surface area contributed by atoms with Crippen molar-refractivity contribution in [3.63, 3.8) is 0 Å². The summed E-state index contributed by atoms with van der Waals surface area (Å²) in [6.45, 7) is 2.61. The van der Waals surface area contributed by atoms with Crippen LogP contribution in [0.4, 0.5) is 0 Å². The molecule has 0 spiro atoms. The number of aliphatic imine (C=N–C) groups is 1. The van der Waals surface area contributed by atoms with Crippen LogP contribution in [0.15, 0.2) is 65.0 Å². The molecular formula is C21H18Cl2N2OS. The smallest absolute Gasteiger partial charge is 0.143 e. The molecular weight excluding hydrogens is 399 g/mol. The summed E-state index contributed by atoms with van der Waals surface area (Å²) in [5, 5.41) is 7.06. The fourth-order valence-corrected chi connectivity index (χ4v) is 4.25. The van der Waals surface area contributed by atoms with Crippen molar-refractivity contribution in [1.82, 2.24) is 5.32 Å². The highest BCUT2D eigenvalue weighted by Crippen LogP contribution is 2.39. The largest absolute Gasteiger partial charge is 0.492 e. The maximum atomic E-state index is 6.08. The van der Waals surface area contributed by atoms with Gasteiger partial charge < -0.3 is 10.1 Å². The number of nitrogens with one attached hydrogen (secondary N) is 1. The van der Waals surface area contributed by atoms with Crippen LogP contribution in [0.5, 0.6) is 5.75 Å². The Balaban J connectivity index is 1.74. The van der Waals surface area contributed by atoms with Crippen molar-refractivity contribution in [2.24, 2.45) is 4.99 Å². The van der Waals surface area contributed by atoms with Gasteiger partial charge in [-0.1, -0.05) is 47.5 Å². The third kappa shape index (κ3) is 3.84. The predicted molar refractivity (Wildman–Crippen MR) is 114 cm³/mol. The molecule has 2 aromatic carbocycles. The molecule has 27 heavy (non-hydrogen) atoms. The van der Waals surface area contributed by atoms with Gasteiger partial charge in [0.1, 0.15) is 22.5 Å². The van der Waals surface area contributed by atoms with E-state index in [0.717, 1.165) is 32.6 Å². The van der Waals surface area contributed by atoms with Gasteiger partial charge in [-0.25, -0.2) is 0 Å². The van der Waals surface area contributed by atoms with Crippen molar-refractivity contribution in [2.75, 3.05) is 6.61 Å². The number of ether oxygens (including phenoxy) is 1. The number of halogens is 2. The van der Waals surface area contributed by atoms with Crippen LogP contribution >= 0.6 is 34.5 Å². The second-order valence-corrected chi connectivity index (χ2v) is 7.98. The Labute approximate surface area is 172 Å². The summed E-state index contributed by atoms with van der Waals surface area (Å²) < 4.78 is 5.76. The summed E-state index contributed by atoms with van der Waals surface area (Å²) >= 11 is 13.8. The zero-order chi connectivity index (χ0) is 18.8. The molecule has 0 amide bonds. The van der Waals surface area contributed by atoms with Gasteiger partial charge >= 0.3 is 0 Å². The Kier molecular flexibility index (Phi) is 5.39. The van der Waals surface area contributed by atoms with E-state index in [1.807, 2.05) is 66.9 Å². The number of hydrogen-bond donors (Lipinski definition) is 1. The molecule has 1 aromatic heterocycles. The first-order valence-corrected chi connectivity index (χ1v) is 10.3. The summed E-state index contributed by atoms with van der Waals surface area (Å²) in [6, 6.07) is 17.7. The molecule has 0 unspecified atom stereocenters. The van der Waals surface area contributed by atoms with E-state index in [-0.39, 0.29) is 12.1 Å². The number of amidine groups is 1. The van der Waals surface area contributed by atoms with E-state index in [0.29, 0.717) is 11.6 Å². The van der Waals surface area contributed by atoms with E-state index in [2.05, 4.69) is 5.32 Å². The molecule has 4 rings (SSSR count). The van der Waals surface area contributed by atoms with Gasteiger partial charge in [-0.15, -0.1) is 11.3 Å². The third-order valence-electron chi connectivity index (χ3n) is 4.46. The Morgan fingerprint density at radius 1 is 0.963 bits per heavy atom. The van der Waals surface area contributed by atoms with E-state index in [9.17, 15) is 0 Å². The SMILES string of the molecule is CCOc1ccsc1C1=N[C@@H](c2ccc(Cl)cc2)[C@@H](c2ccc(Cl)cc2)N1. The normalized spacial score (nSPS) is 18.9. The van der Waals surface area contributed by atoms with Crippen LogP contribution in [0.1, 0.15) is 35.0 Å². The lowest BCUT2D eigenvalue weighted by molar-refractivity contribution is 0.341. The molecule has 3 aromatic rings. The van der Waals surface area contributed by atoms with Crippen molar-refractivity contribution in [3.8, 4) is 5.75 Å². The van der Waals surface area contributed by atoms with Crippen LogP contribution in [0.25, 0.3) is 0 Å². The van der Waals surface area contributed by atoms with E-state index in [1.54, 1.807) is 11.3 Å². The number of hydrogen-bond acceptors (Lipinski definition) is 4. The fraction of sp³-hybridized carbons (Fsp3) is 0.190. The maximum Gasteiger partial charge on any atom is 0.143 e. The summed E-state index contributed by atoms with van der Waals surface area (Å²) in [4.78, 5) is 6.03. The van der Waals surface area contributed by atoms with Gasteiger partial charge in [0.05, 0.1) is 12.6 Å². The summed E-state index contributed by atoms with van der Waals surface area (Å²) in [6.07, 6.45) is 0. The molecule has 0 bridgehead atoms. The zero-order valence-electron chi connectivity index (χ0n) is 14.7. The Bertz CT molecular complexity index is 951. The highest BCUT2D eigenvalue weighted by Gasteiger charge is 2.33. The summed E-state index contributed by atoms with van der Waals surface area (Å²) in [7, 11) is 0. The van der Waals surface area contributed by atoms with Crippen LogP contribution in [-0.4, -0.2) is 12.4 Å². The molecule has 0 saturated heterocycles. The Morgan fingerprint density at radius 3 is 2.22 bits per heavy atom. The molecule has 2 heterocycles. The van der Waals surface area contributed by atoms with Crippen LogP contribution < -0.4 is 10.1 Å². The quantitative estimate of drug-likeness (QED) is 0.530. The molecule has 0 radical (unpaired) electrons. The zero-order valence-corrected chi connectivity index (χ0v) is 17.0. The monoisotopic (exact) mass is 416 g/mol. The minimum atomic E-state index is -0.0602. The fourth-order valence-electron chi connectivity index (χ4n) is 3.20. The van der Waals surface area contributed by atoms with Crippen LogP contribution in [-0.2, 0) is 0 Å². The van der Waals surface area contributed by atoms with Gasteiger partial charge in [-0.2, -0.15) is 0 Å². The van der Waals surface area contributed by atoms with E-state index >= 15 is 0 Å². The molecule has 1 N–H and O–H groups in total. The molecule has 6 heteroatoms. The van der Waals surface area contributed by atoms with E-state index in [4.69, 9.17) is 32.9 Å². The number of benzene rings is 2. The second kappa shape index (κ2) is 7.93. The average molecular weight is 417 g/mol. The summed E-state index contributed by atoms with van der Waals surface area (Å²) in [5.74, 6) is 1.72. The first-order chi connectivity index (χ1) is 13.2. The van der Waals surface area contributed by atoms with Gasteiger partial charge in [0.25, 0.3) is 0 Å². The number of rotatable bonds is 5. The average Bonchev–Trinajstić information content (AvgIpc) is 3.30. The Hall–Kier alpha value is -2.01. The van der Waals surface area contributed by atoms with Crippen LogP contribution in [0.2, 0.25) is 10.0 Å². The van der Waals surface area contributed by atoms with Crippen LogP contribution in [0.3, 0.4) is 0 Å². The van der Waals surface area contributed by atoms with Crippen molar-refractivity contribution in [3.05, 3.63) is 86.0 Å². The van der Waals surface area contributed by atoms with Gasteiger partial charge in [0.15, 0.2) is 0 Å². The van der Waals surface area contributed by atoms with Crippen molar-refractivity contribution >= 4 is 40.4 Å². The molecule has 0 aliphatic carbocycles. The van der Waals surface area contributed by atoms with Crippen molar-refractivity contribution < 1.29 is 4.74 Å². The number of nitrogens with zero attached hydrogens (tertiary/aromatic N) is 1. The topological polar surface area (TPSA) is 33.6 Å². The molecule has 0 saturated carbocycles. The maximum absolute atomic E-state index is 6.08. The van der Waals surface area contributed by atoms with Gasteiger partial charge in [-0.3, -0.25) is 4.99 Å². The molecule has 1 aliphatic heterocycles. The second-order valence-electron chi connectivity index (χ2n) is 6.19. The van der Waals surface area contributed by atoms with Crippen LogP contribution in [0, 0.1) is 0 Å². The van der Waals surface area contributed by atoms with E-state index < -0.39 is 0 Å². The highest BCUT2D eigenvalue weighted by molar-refractivity contribution is 7.12. The standard InChI is InChI=1S/C21H18Cl2N2OS/c1-2-26-17-11-12-27-20(17)21-24-18(13-3-7-15(22)8-4-13)19(25-21)14-5-9-16(23)10-6-14/h3-12,18-19H,2H2,1H3,(H,24,25)/t18-,19+.